The molecule has 0 aliphatic heterocycles. The molecular formula is C17H12ClF6N3O. The van der Waals surface area contributed by atoms with Gasteiger partial charge in [-0.15, -0.1) is 0 Å². The molecule has 1 N–H and O–H groups in total. The second-order valence-electron chi connectivity index (χ2n) is 5.28. The van der Waals surface area contributed by atoms with Crippen molar-refractivity contribution in [2.45, 2.75) is 12.4 Å². The first-order valence-electron chi connectivity index (χ1n) is 7.45. The minimum Gasteiger partial charge on any atom is -0.280 e. The van der Waals surface area contributed by atoms with E-state index in [9.17, 15) is 26.3 Å². The van der Waals surface area contributed by atoms with Gasteiger partial charge in [0.25, 0.3) is 0 Å². The van der Waals surface area contributed by atoms with E-state index in [-0.39, 0.29) is 22.0 Å². The number of rotatable bonds is 5. The minimum absolute atomic E-state index is 0.0325. The fraction of sp³-hybridized carbons (Fsp3) is 0.176. The molecular weight excluding hydrogens is 412 g/mol. The average molecular weight is 424 g/mol. The maximum Gasteiger partial charge on any atom is 0.417 e. The van der Waals surface area contributed by atoms with Crippen LogP contribution in [0, 0.1) is 0 Å². The third kappa shape index (κ3) is 5.70. The Balaban J connectivity index is 2.33. The number of aromatic nitrogens is 1. The molecule has 0 fully saturated rings. The SMILES string of the molecule is CON/C=C(/C=Nc1ccc(C(F)(F)F)cc1)c1ncc(C(F)(F)F)cc1Cl. The predicted molar refractivity (Wildman–Crippen MR) is 92.0 cm³/mol. The van der Waals surface area contributed by atoms with Crippen LogP contribution in [0.2, 0.25) is 5.02 Å². The fourth-order valence-electron chi connectivity index (χ4n) is 1.98. The maximum absolute atomic E-state index is 12.7. The quantitative estimate of drug-likeness (QED) is 0.383. The smallest absolute Gasteiger partial charge is 0.280 e. The highest BCUT2D eigenvalue weighted by Crippen LogP contribution is 2.33. The first kappa shape index (κ1) is 21.7. The Bertz CT molecular complexity index is 876. The number of nitrogens with one attached hydrogen (secondary N) is 1. The van der Waals surface area contributed by atoms with E-state index in [1.807, 2.05) is 0 Å². The van der Waals surface area contributed by atoms with Crippen molar-refractivity contribution in [3.05, 3.63) is 64.6 Å². The Hall–Kier alpha value is -2.59. The summed E-state index contributed by atoms with van der Waals surface area (Å²) in [5, 5.41) is -0.294. The highest BCUT2D eigenvalue weighted by atomic mass is 35.5. The summed E-state index contributed by atoms with van der Waals surface area (Å²) in [7, 11) is 1.29. The molecule has 0 spiro atoms. The molecule has 0 atom stereocenters. The summed E-state index contributed by atoms with van der Waals surface area (Å²) in [6.45, 7) is 0. The van der Waals surface area contributed by atoms with E-state index < -0.39 is 23.5 Å². The highest BCUT2D eigenvalue weighted by Gasteiger charge is 2.32. The molecule has 1 aromatic heterocycles. The van der Waals surface area contributed by atoms with Crippen LogP contribution in [-0.2, 0) is 17.2 Å². The van der Waals surface area contributed by atoms with Crippen molar-refractivity contribution in [2.24, 2.45) is 4.99 Å². The number of hydrogen-bond acceptors (Lipinski definition) is 4. The Morgan fingerprint density at radius 3 is 2.18 bits per heavy atom. The number of hydrogen-bond donors (Lipinski definition) is 1. The lowest BCUT2D eigenvalue weighted by atomic mass is 10.1. The predicted octanol–water partition coefficient (Wildman–Crippen LogP) is 5.67. The summed E-state index contributed by atoms with van der Waals surface area (Å²) >= 11 is 5.90. The van der Waals surface area contributed by atoms with Crippen molar-refractivity contribution in [3.63, 3.8) is 0 Å². The Morgan fingerprint density at radius 2 is 1.68 bits per heavy atom. The lowest BCUT2D eigenvalue weighted by Gasteiger charge is -2.10. The number of pyridine rings is 1. The first-order chi connectivity index (χ1) is 13.0. The molecule has 0 aliphatic carbocycles. The molecule has 0 radical (unpaired) electrons. The molecule has 0 bridgehead atoms. The summed E-state index contributed by atoms with van der Waals surface area (Å²) in [6, 6.07) is 4.70. The van der Waals surface area contributed by atoms with Crippen LogP contribution in [0.1, 0.15) is 16.8 Å². The first-order valence-corrected chi connectivity index (χ1v) is 7.83. The maximum atomic E-state index is 12.7. The summed E-state index contributed by atoms with van der Waals surface area (Å²) in [4.78, 5) is 12.3. The van der Waals surface area contributed by atoms with Gasteiger partial charge in [0.2, 0.25) is 0 Å². The van der Waals surface area contributed by atoms with Crippen molar-refractivity contribution in [1.82, 2.24) is 10.5 Å². The summed E-state index contributed by atoms with van der Waals surface area (Å²) in [5.74, 6) is 0. The molecule has 2 aromatic rings. The zero-order chi connectivity index (χ0) is 20.9. The van der Waals surface area contributed by atoms with E-state index in [1.165, 1.54) is 19.5 Å². The van der Waals surface area contributed by atoms with Crippen LogP contribution in [-0.4, -0.2) is 18.3 Å². The Labute approximate surface area is 160 Å². The molecule has 0 amide bonds. The van der Waals surface area contributed by atoms with Gasteiger partial charge >= 0.3 is 12.4 Å². The number of benzene rings is 1. The number of hydroxylamine groups is 1. The van der Waals surface area contributed by atoms with Crippen LogP contribution in [0.15, 0.2) is 47.7 Å². The normalized spacial score (nSPS) is 13.2. The Morgan fingerprint density at radius 1 is 1.07 bits per heavy atom. The van der Waals surface area contributed by atoms with E-state index in [0.29, 0.717) is 12.3 Å². The van der Waals surface area contributed by atoms with Crippen LogP contribution in [0.25, 0.3) is 5.57 Å². The van der Waals surface area contributed by atoms with E-state index >= 15 is 0 Å². The van der Waals surface area contributed by atoms with Crippen molar-refractivity contribution < 1.29 is 31.2 Å². The van der Waals surface area contributed by atoms with Crippen LogP contribution < -0.4 is 5.48 Å². The number of allylic oxidation sites excluding steroid dienone is 1. The van der Waals surface area contributed by atoms with Crippen LogP contribution in [0.5, 0.6) is 0 Å². The zero-order valence-corrected chi connectivity index (χ0v) is 14.8. The van der Waals surface area contributed by atoms with Gasteiger partial charge in [-0.25, -0.2) is 0 Å². The molecule has 11 heteroatoms. The largest absolute Gasteiger partial charge is 0.417 e. The minimum atomic E-state index is -4.61. The molecule has 1 heterocycles. The molecule has 2 rings (SSSR count). The van der Waals surface area contributed by atoms with Gasteiger partial charge < -0.3 is 0 Å². The molecule has 150 valence electrons. The van der Waals surface area contributed by atoms with Crippen molar-refractivity contribution in [3.8, 4) is 0 Å². The lowest BCUT2D eigenvalue weighted by Crippen LogP contribution is -2.08. The molecule has 1 aromatic carbocycles. The standard InChI is InChI=1S/C17H12ClF6N3O/c1-28-27-8-10(15-14(18)6-12(9-26-15)17(22,23)24)7-25-13-4-2-11(3-5-13)16(19,20)21/h2-9,27H,1H3/b10-8-,25-7?. The lowest BCUT2D eigenvalue weighted by molar-refractivity contribution is -0.138. The number of halogens is 7. The van der Waals surface area contributed by atoms with Crippen molar-refractivity contribution in [2.75, 3.05) is 7.11 Å². The molecule has 0 saturated heterocycles. The van der Waals surface area contributed by atoms with Crippen LogP contribution >= 0.6 is 11.6 Å². The van der Waals surface area contributed by atoms with Gasteiger partial charge in [0.1, 0.15) is 0 Å². The number of aliphatic imine (C=N–C) groups is 1. The van der Waals surface area contributed by atoms with E-state index in [4.69, 9.17) is 11.6 Å². The van der Waals surface area contributed by atoms with Crippen molar-refractivity contribution >= 4 is 29.1 Å². The van der Waals surface area contributed by atoms with Gasteiger partial charge in [-0.3, -0.25) is 20.3 Å². The van der Waals surface area contributed by atoms with Gasteiger partial charge in [-0.05, 0) is 30.3 Å². The van der Waals surface area contributed by atoms with Gasteiger partial charge in [0.15, 0.2) is 0 Å². The monoisotopic (exact) mass is 423 g/mol. The molecule has 0 unspecified atom stereocenters. The van der Waals surface area contributed by atoms with E-state index in [1.54, 1.807) is 0 Å². The topological polar surface area (TPSA) is 46.5 Å². The molecule has 4 nitrogen and oxygen atoms in total. The van der Waals surface area contributed by atoms with Crippen LogP contribution in [0.3, 0.4) is 0 Å². The van der Waals surface area contributed by atoms with Crippen molar-refractivity contribution in [1.29, 1.82) is 0 Å². The third-order valence-electron chi connectivity index (χ3n) is 3.32. The number of alkyl halides is 6. The molecule has 0 aliphatic rings. The second-order valence-corrected chi connectivity index (χ2v) is 5.68. The molecule has 0 saturated carbocycles. The summed E-state index contributed by atoms with van der Waals surface area (Å²) in [5.41, 5.74) is 0.783. The van der Waals surface area contributed by atoms with Gasteiger partial charge in [0, 0.05) is 24.2 Å². The molecule has 28 heavy (non-hydrogen) atoms. The van der Waals surface area contributed by atoms with Gasteiger partial charge in [-0.1, -0.05) is 11.6 Å². The van der Waals surface area contributed by atoms with E-state index in [2.05, 4.69) is 20.3 Å². The number of nitrogens with zero attached hydrogens (tertiary/aromatic N) is 2. The fourth-order valence-corrected chi connectivity index (χ4v) is 2.25. The van der Waals surface area contributed by atoms with Gasteiger partial charge in [0.05, 0.1) is 34.6 Å². The summed E-state index contributed by atoms with van der Waals surface area (Å²) < 4.78 is 76.0. The van der Waals surface area contributed by atoms with Gasteiger partial charge in [-0.2, -0.15) is 26.3 Å². The second kappa shape index (κ2) is 8.61. The zero-order valence-electron chi connectivity index (χ0n) is 14.1. The summed E-state index contributed by atoms with van der Waals surface area (Å²) in [6.07, 6.45) is -6.08. The third-order valence-corrected chi connectivity index (χ3v) is 3.61. The average Bonchev–Trinajstić information content (AvgIpc) is 2.61. The van der Waals surface area contributed by atoms with Crippen LogP contribution in [0.4, 0.5) is 32.0 Å². The highest BCUT2D eigenvalue weighted by molar-refractivity contribution is 6.33. The Kier molecular flexibility index (Phi) is 6.68. The van der Waals surface area contributed by atoms with E-state index in [0.717, 1.165) is 24.3 Å².